The maximum Gasteiger partial charge on any atom is 0.342 e. The van der Waals surface area contributed by atoms with Crippen LogP contribution >= 0.6 is 0 Å². The van der Waals surface area contributed by atoms with Crippen molar-refractivity contribution in [2.24, 2.45) is 5.41 Å². The summed E-state index contributed by atoms with van der Waals surface area (Å²) in [5.74, 6) is -0.467. The second-order valence-electron chi connectivity index (χ2n) is 7.43. The Morgan fingerprint density at radius 3 is 2.00 bits per heavy atom. The van der Waals surface area contributed by atoms with Gasteiger partial charge in [0.2, 0.25) is 0 Å². The van der Waals surface area contributed by atoms with Crippen molar-refractivity contribution in [2.45, 2.75) is 91.8 Å². The van der Waals surface area contributed by atoms with Crippen molar-refractivity contribution in [1.82, 2.24) is 0 Å². The molecule has 0 spiro atoms. The topological polar surface area (TPSA) is 55.8 Å². The minimum atomic E-state index is -1.23. The number of carbonyl (C=O) groups excluding carboxylic acids is 1. The lowest BCUT2D eigenvalue weighted by Crippen LogP contribution is -2.46. The molecule has 0 aromatic rings. The van der Waals surface area contributed by atoms with Gasteiger partial charge in [-0.25, -0.2) is 9.68 Å². The fraction of sp³-hybridized carbons (Fsp3) is 0.938. The first-order valence-corrected chi connectivity index (χ1v) is 7.58. The maximum absolute atomic E-state index is 12.4. The molecule has 0 fully saturated rings. The Hall–Kier alpha value is -0.610. The van der Waals surface area contributed by atoms with Crippen molar-refractivity contribution in [3.05, 3.63) is 0 Å². The molecule has 120 valence electrons. The van der Waals surface area contributed by atoms with E-state index in [2.05, 4.69) is 25.7 Å². The van der Waals surface area contributed by atoms with Crippen LogP contribution < -0.4 is 0 Å². The summed E-state index contributed by atoms with van der Waals surface area (Å²) < 4.78 is 5.63. The van der Waals surface area contributed by atoms with E-state index in [4.69, 9.17) is 4.74 Å². The number of ether oxygens (including phenoxy) is 1. The lowest BCUT2D eigenvalue weighted by Gasteiger charge is -2.36. The molecule has 0 saturated heterocycles. The van der Waals surface area contributed by atoms with Gasteiger partial charge in [0.1, 0.15) is 5.60 Å². The largest absolute Gasteiger partial charge is 0.457 e. The van der Waals surface area contributed by atoms with Gasteiger partial charge in [-0.1, -0.05) is 47.5 Å². The van der Waals surface area contributed by atoms with Gasteiger partial charge in [-0.3, -0.25) is 5.26 Å². The smallest absolute Gasteiger partial charge is 0.342 e. The Labute approximate surface area is 123 Å². The molecular weight excluding hydrogens is 256 g/mol. The van der Waals surface area contributed by atoms with Crippen molar-refractivity contribution in [1.29, 1.82) is 0 Å². The van der Waals surface area contributed by atoms with Crippen LogP contribution in [0.15, 0.2) is 0 Å². The summed E-state index contributed by atoms with van der Waals surface area (Å²) in [6, 6.07) is 0. The van der Waals surface area contributed by atoms with Gasteiger partial charge in [0.15, 0.2) is 5.60 Å². The van der Waals surface area contributed by atoms with Crippen LogP contribution in [-0.2, 0) is 14.4 Å². The molecule has 0 amide bonds. The van der Waals surface area contributed by atoms with Crippen molar-refractivity contribution in [2.75, 3.05) is 0 Å². The van der Waals surface area contributed by atoms with Crippen LogP contribution in [0.2, 0.25) is 0 Å². The number of carbonyl (C=O) groups is 1. The third-order valence-corrected chi connectivity index (χ3v) is 3.38. The summed E-state index contributed by atoms with van der Waals surface area (Å²) in [7, 11) is 0. The van der Waals surface area contributed by atoms with E-state index in [-0.39, 0.29) is 5.41 Å². The van der Waals surface area contributed by atoms with Crippen LogP contribution in [0.4, 0.5) is 0 Å². The summed E-state index contributed by atoms with van der Waals surface area (Å²) in [4.78, 5) is 17.0. The van der Waals surface area contributed by atoms with Crippen LogP contribution in [0.25, 0.3) is 0 Å². The molecule has 0 rings (SSSR count). The monoisotopic (exact) mass is 288 g/mol. The Bertz CT molecular complexity index is 298. The quantitative estimate of drug-likeness (QED) is 0.404. The number of hydrogen-bond acceptors (Lipinski definition) is 4. The third-order valence-electron chi connectivity index (χ3n) is 3.38. The minimum Gasteiger partial charge on any atom is -0.457 e. The second-order valence-corrected chi connectivity index (χ2v) is 7.43. The first-order valence-electron chi connectivity index (χ1n) is 7.58. The fourth-order valence-electron chi connectivity index (χ4n) is 2.69. The molecule has 0 aliphatic rings. The fourth-order valence-corrected chi connectivity index (χ4v) is 2.69. The summed E-state index contributed by atoms with van der Waals surface area (Å²) in [6.07, 6.45) is 3.35. The molecular formula is C16H32O4. The zero-order valence-electron chi connectivity index (χ0n) is 14.2. The lowest BCUT2D eigenvalue weighted by atomic mass is 9.83. The van der Waals surface area contributed by atoms with Crippen molar-refractivity contribution >= 4 is 5.97 Å². The zero-order valence-corrected chi connectivity index (χ0v) is 14.2. The molecule has 0 saturated carbocycles. The average Bonchev–Trinajstić information content (AvgIpc) is 2.27. The average molecular weight is 288 g/mol. The summed E-state index contributed by atoms with van der Waals surface area (Å²) >= 11 is 0. The highest BCUT2D eigenvalue weighted by atomic mass is 17.1. The van der Waals surface area contributed by atoms with Crippen LogP contribution in [0.1, 0.15) is 80.6 Å². The first-order chi connectivity index (χ1) is 9.02. The minimum absolute atomic E-state index is 0.0577. The van der Waals surface area contributed by atoms with E-state index >= 15 is 0 Å². The highest BCUT2D eigenvalue weighted by Gasteiger charge is 2.43. The number of unbranched alkanes of at least 4 members (excludes halogenated alkanes) is 1. The standard InChI is InChI=1S/C16H32O4/c1-8-10-11-16(9-2,20-18)13(17)19-15(6,7)12-14(3,4)5/h18H,8-12H2,1-7H3. The van der Waals surface area contributed by atoms with E-state index in [0.29, 0.717) is 12.8 Å². The van der Waals surface area contributed by atoms with Crippen LogP contribution in [0, 0.1) is 5.41 Å². The van der Waals surface area contributed by atoms with E-state index in [1.165, 1.54) is 0 Å². The van der Waals surface area contributed by atoms with Gasteiger partial charge in [-0.05, 0) is 38.5 Å². The SMILES string of the molecule is CCCCC(CC)(OO)C(=O)OC(C)(C)CC(C)(C)C. The Morgan fingerprint density at radius 2 is 1.65 bits per heavy atom. The summed E-state index contributed by atoms with van der Waals surface area (Å²) in [6.45, 7) is 14.0. The van der Waals surface area contributed by atoms with Gasteiger partial charge in [0.25, 0.3) is 0 Å². The summed E-state index contributed by atoms with van der Waals surface area (Å²) in [5.41, 5.74) is -1.76. The number of hydrogen-bond donors (Lipinski definition) is 1. The molecule has 0 aliphatic carbocycles. The van der Waals surface area contributed by atoms with E-state index in [9.17, 15) is 10.1 Å². The number of esters is 1. The van der Waals surface area contributed by atoms with E-state index in [0.717, 1.165) is 19.3 Å². The zero-order chi connectivity index (χ0) is 16.0. The molecule has 0 aromatic carbocycles. The van der Waals surface area contributed by atoms with Crippen LogP contribution in [0.3, 0.4) is 0 Å². The van der Waals surface area contributed by atoms with E-state index < -0.39 is 17.2 Å². The third kappa shape index (κ3) is 6.23. The molecule has 4 heteroatoms. The van der Waals surface area contributed by atoms with Gasteiger partial charge in [-0.15, -0.1) is 0 Å². The highest BCUT2D eigenvalue weighted by molar-refractivity contribution is 5.79. The predicted octanol–water partition coefficient (Wildman–Crippen LogP) is 4.57. The van der Waals surface area contributed by atoms with Crippen molar-refractivity contribution in [3.8, 4) is 0 Å². The van der Waals surface area contributed by atoms with Crippen LogP contribution in [-0.4, -0.2) is 22.4 Å². The molecule has 0 radical (unpaired) electrons. The Kier molecular flexibility index (Phi) is 7.19. The predicted molar refractivity (Wildman–Crippen MR) is 80.5 cm³/mol. The van der Waals surface area contributed by atoms with Gasteiger partial charge in [0.05, 0.1) is 0 Å². The molecule has 0 aromatic heterocycles. The van der Waals surface area contributed by atoms with E-state index in [1.54, 1.807) is 0 Å². The molecule has 0 bridgehead atoms. The molecule has 1 N–H and O–H groups in total. The highest BCUT2D eigenvalue weighted by Crippen LogP contribution is 2.32. The lowest BCUT2D eigenvalue weighted by molar-refractivity contribution is -0.323. The molecule has 4 nitrogen and oxygen atoms in total. The van der Waals surface area contributed by atoms with Crippen LogP contribution in [0.5, 0.6) is 0 Å². The Morgan fingerprint density at radius 1 is 1.10 bits per heavy atom. The molecule has 20 heavy (non-hydrogen) atoms. The normalized spacial score (nSPS) is 15.8. The summed E-state index contributed by atoms with van der Waals surface area (Å²) in [5, 5.41) is 9.20. The van der Waals surface area contributed by atoms with Gasteiger partial charge in [-0.2, -0.15) is 0 Å². The first kappa shape index (κ1) is 19.4. The number of rotatable bonds is 8. The van der Waals surface area contributed by atoms with Gasteiger partial charge >= 0.3 is 5.97 Å². The van der Waals surface area contributed by atoms with E-state index in [1.807, 2.05) is 27.7 Å². The van der Waals surface area contributed by atoms with Gasteiger partial charge in [0, 0.05) is 0 Å². The molecule has 0 heterocycles. The second kappa shape index (κ2) is 7.41. The maximum atomic E-state index is 12.4. The van der Waals surface area contributed by atoms with Crippen molar-refractivity contribution < 1.29 is 19.7 Å². The van der Waals surface area contributed by atoms with Crippen molar-refractivity contribution in [3.63, 3.8) is 0 Å². The Balaban J connectivity index is 4.92. The molecule has 1 unspecified atom stereocenters. The van der Waals surface area contributed by atoms with Gasteiger partial charge < -0.3 is 4.74 Å². The molecule has 0 aliphatic heterocycles. The molecule has 1 atom stereocenters.